The number of hydrogen-bond acceptors (Lipinski definition) is 2. The topological polar surface area (TPSA) is 20.3 Å². The van der Waals surface area contributed by atoms with Crippen LogP contribution in [0, 0.1) is 5.41 Å². The molecule has 2 heteroatoms. The maximum Gasteiger partial charge on any atom is 0.205 e. The second-order valence-corrected chi connectivity index (χ2v) is 4.32. The Labute approximate surface area is 74.9 Å². The highest BCUT2D eigenvalue weighted by molar-refractivity contribution is 5.59. The highest BCUT2D eigenvalue weighted by atomic mass is 16.1. The van der Waals surface area contributed by atoms with Crippen LogP contribution in [-0.4, -0.2) is 30.8 Å². The number of likely N-dealkylation sites (tertiary alicyclic amines) is 1. The zero-order valence-electron chi connectivity index (χ0n) is 8.10. The molecule has 1 radical (unpaired) electrons. The van der Waals surface area contributed by atoms with Gasteiger partial charge in [-0.2, -0.15) is 0 Å². The Hall–Kier alpha value is -0.370. The standard InChI is InChI=1S/C10H18NO/c1-10(2,9-12)8-11-6-4-3-5-7-11/h3-8H2,1-2H3. The van der Waals surface area contributed by atoms with Crippen LogP contribution in [0.25, 0.3) is 0 Å². The van der Waals surface area contributed by atoms with Crippen molar-refractivity contribution in [2.45, 2.75) is 33.1 Å². The van der Waals surface area contributed by atoms with Gasteiger partial charge in [0.05, 0.1) is 0 Å². The van der Waals surface area contributed by atoms with E-state index in [9.17, 15) is 4.79 Å². The Balaban J connectivity index is 2.33. The summed E-state index contributed by atoms with van der Waals surface area (Å²) in [5, 5.41) is 0. The molecule has 1 aliphatic heterocycles. The van der Waals surface area contributed by atoms with Crippen LogP contribution in [-0.2, 0) is 4.79 Å². The summed E-state index contributed by atoms with van der Waals surface area (Å²) >= 11 is 0. The fourth-order valence-corrected chi connectivity index (χ4v) is 1.71. The number of rotatable bonds is 3. The van der Waals surface area contributed by atoms with E-state index in [4.69, 9.17) is 0 Å². The van der Waals surface area contributed by atoms with Crippen LogP contribution in [0.4, 0.5) is 0 Å². The SMILES string of the molecule is CC(C)([C]=O)CN1CCCCC1. The summed E-state index contributed by atoms with van der Waals surface area (Å²) in [4.78, 5) is 12.9. The summed E-state index contributed by atoms with van der Waals surface area (Å²) in [6.07, 6.45) is 6.02. The zero-order valence-corrected chi connectivity index (χ0v) is 8.10. The van der Waals surface area contributed by atoms with Crippen molar-refractivity contribution in [2.75, 3.05) is 19.6 Å². The van der Waals surface area contributed by atoms with Gasteiger partial charge < -0.3 is 4.90 Å². The zero-order chi connectivity index (χ0) is 9.03. The molecular formula is C10H18NO. The number of piperidine rings is 1. The molecule has 1 rings (SSSR count). The van der Waals surface area contributed by atoms with Gasteiger partial charge in [0.2, 0.25) is 6.29 Å². The van der Waals surface area contributed by atoms with E-state index in [1.165, 1.54) is 19.3 Å². The van der Waals surface area contributed by atoms with E-state index in [1.807, 2.05) is 13.8 Å². The summed E-state index contributed by atoms with van der Waals surface area (Å²) in [6, 6.07) is 0. The molecule has 0 aromatic carbocycles. The minimum atomic E-state index is -0.280. The molecular weight excluding hydrogens is 150 g/mol. The van der Waals surface area contributed by atoms with Gasteiger partial charge in [0.25, 0.3) is 0 Å². The lowest BCUT2D eigenvalue weighted by Gasteiger charge is -2.31. The Morgan fingerprint density at radius 2 is 1.83 bits per heavy atom. The van der Waals surface area contributed by atoms with Crippen molar-refractivity contribution in [2.24, 2.45) is 5.41 Å². The molecule has 0 aromatic rings. The molecule has 0 amide bonds. The fraction of sp³-hybridized carbons (Fsp3) is 0.900. The third-order valence-electron chi connectivity index (χ3n) is 2.34. The van der Waals surface area contributed by atoms with Crippen LogP contribution in [0.1, 0.15) is 33.1 Å². The van der Waals surface area contributed by atoms with Crippen LogP contribution < -0.4 is 0 Å². The third-order valence-corrected chi connectivity index (χ3v) is 2.34. The van der Waals surface area contributed by atoms with Gasteiger partial charge in [-0.05, 0) is 25.9 Å². The van der Waals surface area contributed by atoms with E-state index in [2.05, 4.69) is 11.2 Å². The van der Waals surface area contributed by atoms with Gasteiger partial charge in [-0.1, -0.05) is 20.3 Å². The van der Waals surface area contributed by atoms with Gasteiger partial charge in [0, 0.05) is 12.0 Å². The van der Waals surface area contributed by atoms with Crippen LogP contribution in [0.3, 0.4) is 0 Å². The van der Waals surface area contributed by atoms with Crippen molar-refractivity contribution in [3.63, 3.8) is 0 Å². The lowest BCUT2D eigenvalue weighted by Crippen LogP contribution is -2.38. The molecule has 12 heavy (non-hydrogen) atoms. The molecule has 1 aliphatic rings. The molecule has 1 fully saturated rings. The lowest BCUT2D eigenvalue weighted by atomic mass is 9.94. The average molecular weight is 168 g/mol. The molecule has 0 unspecified atom stereocenters. The molecule has 1 saturated heterocycles. The van der Waals surface area contributed by atoms with E-state index in [0.717, 1.165) is 19.6 Å². The maximum absolute atomic E-state index is 10.5. The van der Waals surface area contributed by atoms with Gasteiger partial charge in [-0.3, -0.25) is 4.79 Å². The highest BCUT2D eigenvalue weighted by Gasteiger charge is 2.22. The lowest BCUT2D eigenvalue weighted by molar-refractivity contribution is 0.184. The summed E-state index contributed by atoms with van der Waals surface area (Å²) in [7, 11) is 0. The van der Waals surface area contributed by atoms with E-state index in [-0.39, 0.29) is 5.41 Å². The molecule has 0 aliphatic carbocycles. The number of carbonyl (C=O) groups excluding carboxylic acids is 1. The summed E-state index contributed by atoms with van der Waals surface area (Å²) in [5.74, 6) is 0. The van der Waals surface area contributed by atoms with Crippen molar-refractivity contribution in [1.82, 2.24) is 4.90 Å². The minimum absolute atomic E-state index is 0.280. The van der Waals surface area contributed by atoms with E-state index in [0.29, 0.717) is 0 Å². The molecule has 0 N–H and O–H groups in total. The first kappa shape index (κ1) is 9.72. The van der Waals surface area contributed by atoms with E-state index in [1.54, 1.807) is 0 Å². The van der Waals surface area contributed by atoms with Gasteiger partial charge >= 0.3 is 0 Å². The Bertz CT molecular complexity index is 148. The van der Waals surface area contributed by atoms with E-state index >= 15 is 0 Å². The first-order valence-electron chi connectivity index (χ1n) is 4.76. The summed E-state index contributed by atoms with van der Waals surface area (Å²) in [6.45, 7) is 7.09. The van der Waals surface area contributed by atoms with Crippen molar-refractivity contribution in [1.29, 1.82) is 0 Å². The second-order valence-electron chi connectivity index (χ2n) is 4.32. The van der Waals surface area contributed by atoms with Crippen LogP contribution >= 0.6 is 0 Å². The fourth-order valence-electron chi connectivity index (χ4n) is 1.71. The first-order chi connectivity index (χ1) is 5.64. The number of nitrogens with zero attached hydrogens (tertiary/aromatic N) is 1. The molecule has 0 aromatic heterocycles. The number of hydrogen-bond donors (Lipinski definition) is 0. The Kier molecular flexibility index (Phi) is 3.27. The van der Waals surface area contributed by atoms with E-state index < -0.39 is 0 Å². The molecule has 69 valence electrons. The molecule has 0 bridgehead atoms. The van der Waals surface area contributed by atoms with Gasteiger partial charge in [0.15, 0.2) is 0 Å². The normalized spacial score (nSPS) is 20.8. The average Bonchev–Trinajstić information content (AvgIpc) is 2.06. The van der Waals surface area contributed by atoms with Crippen molar-refractivity contribution in [3.8, 4) is 0 Å². The molecule has 1 heterocycles. The van der Waals surface area contributed by atoms with Crippen molar-refractivity contribution >= 4 is 6.29 Å². The first-order valence-corrected chi connectivity index (χ1v) is 4.76. The van der Waals surface area contributed by atoms with Gasteiger partial charge in [-0.15, -0.1) is 0 Å². The monoisotopic (exact) mass is 168 g/mol. The highest BCUT2D eigenvalue weighted by Crippen LogP contribution is 2.17. The smallest absolute Gasteiger partial charge is 0.205 e. The predicted octanol–water partition coefficient (Wildman–Crippen LogP) is 1.61. The third kappa shape index (κ3) is 2.94. The summed E-state index contributed by atoms with van der Waals surface area (Å²) in [5.41, 5.74) is -0.280. The minimum Gasteiger partial charge on any atom is -0.302 e. The van der Waals surface area contributed by atoms with Gasteiger partial charge in [-0.25, -0.2) is 0 Å². The molecule has 0 spiro atoms. The predicted molar refractivity (Wildman–Crippen MR) is 49.8 cm³/mol. The molecule has 0 atom stereocenters. The van der Waals surface area contributed by atoms with Crippen molar-refractivity contribution < 1.29 is 4.79 Å². The van der Waals surface area contributed by atoms with Crippen LogP contribution in [0.15, 0.2) is 0 Å². The van der Waals surface area contributed by atoms with Gasteiger partial charge in [0.1, 0.15) is 0 Å². The van der Waals surface area contributed by atoms with Crippen LogP contribution in [0.2, 0.25) is 0 Å². The molecule has 0 saturated carbocycles. The van der Waals surface area contributed by atoms with Crippen molar-refractivity contribution in [3.05, 3.63) is 0 Å². The maximum atomic E-state index is 10.5. The largest absolute Gasteiger partial charge is 0.302 e. The second kappa shape index (κ2) is 4.04. The quantitative estimate of drug-likeness (QED) is 0.638. The van der Waals surface area contributed by atoms with Crippen LogP contribution in [0.5, 0.6) is 0 Å². The Morgan fingerprint density at radius 1 is 1.25 bits per heavy atom. The summed E-state index contributed by atoms with van der Waals surface area (Å²) < 4.78 is 0. The Morgan fingerprint density at radius 3 is 2.33 bits per heavy atom. The molecule has 2 nitrogen and oxygen atoms in total.